The van der Waals surface area contributed by atoms with E-state index >= 15 is 0 Å². The van der Waals surface area contributed by atoms with Crippen molar-refractivity contribution in [3.63, 3.8) is 0 Å². The fourth-order valence-electron chi connectivity index (χ4n) is 2.02. The van der Waals surface area contributed by atoms with Gasteiger partial charge in [0, 0.05) is 0 Å². The van der Waals surface area contributed by atoms with Crippen LogP contribution in [-0.2, 0) is 5.60 Å². The van der Waals surface area contributed by atoms with Crippen molar-refractivity contribution in [1.82, 2.24) is 0 Å². The second-order valence-electron chi connectivity index (χ2n) is 4.00. The molecule has 1 aromatic heterocycles. The van der Waals surface area contributed by atoms with E-state index in [2.05, 4.69) is 0 Å². The molecule has 0 amide bonds. The van der Waals surface area contributed by atoms with Gasteiger partial charge in [-0.3, -0.25) is 0 Å². The van der Waals surface area contributed by atoms with Crippen molar-refractivity contribution < 1.29 is 19.4 Å². The van der Waals surface area contributed by atoms with Crippen LogP contribution < -0.4 is 0 Å². The fraction of sp³-hybridized carbons (Fsp3) is 0.583. The van der Waals surface area contributed by atoms with Gasteiger partial charge in [0.2, 0.25) is 0 Å². The summed E-state index contributed by atoms with van der Waals surface area (Å²) in [5.74, 6) is -0.877. The molecule has 1 aromatic rings. The fourth-order valence-corrected chi connectivity index (χ4v) is 2.02. The summed E-state index contributed by atoms with van der Waals surface area (Å²) in [6, 6.07) is 1.38. The van der Waals surface area contributed by atoms with Crippen molar-refractivity contribution in [2.24, 2.45) is 0 Å². The van der Waals surface area contributed by atoms with Gasteiger partial charge in [-0.05, 0) is 18.9 Å². The molecule has 0 aliphatic heterocycles. The van der Waals surface area contributed by atoms with Crippen molar-refractivity contribution in [1.29, 1.82) is 0 Å². The average molecular weight is 226 g/mol. The van der Waals surface area contributed by atoms with E-state index in [9.17, 15) is 9.90 Å². The lowest BCUT2D eigenvalue weighted by atomic mass is 9.88. The lowest BCUT2D eigenvalue weighted by molar-refractivity contribution is -0.00526. The topological polar surface area (TPSA) is 70.7 Å². The van der Waals surface area contributed by atoms with E-state index in [1.165, 1.54) is 12.3 Å². The van der Waals surface area contributed by atoms with E-state index in [0.29, 0.717) is 12.8 Å². The predicted molar refractivity (Wildman–Crippen MR) is 59.4 cm³/mol. The summed E-state index contributed by atoms with van der Waals surface area (Å²) in [4.78, 5) is 11.0. The summed E-state index contributed by atoms with van der Waals surface area (Å²) in [5.41, 5.74) is -1.09. The van der Waals surface area contributed by atoms with Crippen LogP contribution in [0.15, 0.2) is 16.7 Å². The lowest BCUT2D eigenvalue weighted by Gasteiger charge is -2.25. The highest BCUT2D eigenvalue weighted by Crippen LogP contribution is 2.34. The third-order valence-corrected chi connectivity index (χ3v) is 2.65. The van der Waals surface area contributed by atoms with Crippen LogP contribution in [0, 0.1) is 0 Å². The molecule has 2 N–H and O–H groups in total. The quantitative estimate of drug-likeness (QED) is 0.782. The highest BCUT2D eigenvalue weighted by molar-refractivity contribution is 5.89. The van der Waals surface area contributed by atoms with E-state index in [1.54, 1.807) is 0 Å². The first kappa shape index (κ1) is 12.8. The molecule has 0 radical (unpaired) electrons. The van der Waals surface area contributed by atoms with Gasteiger partial charge in [0.1, 0.15) is 16.9 Å². The Morgan fingerprint density at radius 3 is 2.38 bits per heavy atom. The van der Waals surface area contributed by atoms with Gasteiger partial charge in [-0.25, -0.2) is 4.79 Å². The normalized spacial score (nSPS) is 11.7. The maximum atomic E-state index is 11.0. The molecule has 4 nitrogen and oxygen atoms in total. The summed E-state index contributed by atoms with van der Waals surface area (Å²) in [7, 11) is 0. The minimum Gasteiger partial charge on any atom is -0.478 e. The van der Waals surface area contributed by atoms with E-state index in [1.807, 2.05) is 13.8 Å². The number of aliphatic hydroxyl groups is 1. The van der Waals surface area contributed by atoms with Crippen LogP contribution in [0.5, 0.6) is 0 Å². The smallest absolute Gasteiger partial charge is 0.339 e. The second-order valence-corrected chi connectivity index (χ2v) is 4.00. The van der Waals surface area contributed by atoms with Gasteiger partial charge >= 0.3 is 5.97 Å². The number of furan rings is 1. The molecule has 0 aromatic carbocycles. The standard InChI is InChI=1S/C12H18O4/c1-3-6-12(15,7-4-2)10-9(11(13)14)5-8-16-10/h5,8,15H,3-4,6-7H2,1-2H3,(H,13,14). The Balaban J connectivity index is 3.10. The first-order valence-corrected chi connectivity index (χ1v) is 5.58. The van der Waals surface area contributed by atoms with Crippen LogP contribution >= 0.6 is 0 Å². The average Bonchev–Trinajstić information content (AvgIpc) is 2.67. The summed E-state index contributed by atoms with van der Waals surface area (Å²) in [5, 5.41) is 19.4. The lowest BCUT2D eigenvalue weighted by Crippen LogP contribution is -2.26. The molecule has 90 valence electrons. The molecule has 4 heteroatoms. The Morgan fingerprint density at radius 2 is 1.94 bits per heavy atom. The molecule has 0 aliphatic rings. The zero-order valence-electron chi connectivity index (χ0n) is 9.69. The largest absolute Gasteiger partial charge is 0.478 e. The number of carboxylic acids is 1. The van der Waals surface area contributed by atoms with Gasteiger partial charge in [-0.15, -0.1) is 0 Å². The van der Waals surface area contributed by atoms with E-state index < -0.39 is 11.6 Å². The molecule has 16 heavy (non-hydrogen) atoms. The van der Waals surface area contributed by atoms with Gasteiger partial charge in [0.25, 0.3) is 0 Å². The van der Waals surface area contributed by atoms with Gasteiger partial charge in [-0.2, -0.15) is 0 Å². The molecule has 1 rings (SSSR count). The van der Waals surface area contributed by atoms with Crippen molar-refractivity contribution in [2.45, 2.75) is 45.1 Å². The number of hydrogen-bond acceptors (Lipinski definition) is 3. The molecule has 0 spiro atoms. The van der Waals surface area contributed by atoms with Crippen molar-refractivity contribution in [3.8, 4) is 0 Å². The summed E-state index contributed by atoms with van der Waals surface area (Å²) in [6.07, 6.45) is 3.88. The highest BCUT2D eigenvalue weighted by Gasteiger charge is 2.34. The van der Waals surface area contributed by atoms with Gasteiger partial charge in [-0.1, -0.05) is 26.7 Å². The molecule has 0 aliphatic carbocycles. The predicted octanol–water partition coefficient (Wildman–Crippen LogP) is 2.77. The molecular formula is C12H18O4. The van der Waals surface area contributed by atoms with E-state index in [-0.39, 0.29) is 11.3 Å². The second kappa shape index (κ2) is 5.16. The molecule has 0 unspecified atom stereocenters. The van der Waals surface area contributed by atoms with Crippen molar-refractivity contribution in [2.75, 3.05) is 0 Å². The van der Waals surface area contributed by atoms with Gasteiger partial charge in [0.15, 0.2) is 0 Å². The molecule has 0 saturated carbocycles. The maximum absolute atomic E-state index is 11.0. The first-order chi connectivity index (χ1) is 7.55. The summed E-state index contributed by atoms with van der Waals surface area (Å²) in [6.45, 7) is 3.90. The highest BCUT2D eigenvalue weighted by atomic mass is 16.4. The molecule has 1 heterocycles. The van der Waals surface area contributed by atoms with E-state index in [4.69, 9.17) is 9.52 Å². The molecule has 0 bridgehead atoms. The van der Waals surface area contributed by atoms with Crippen LogP contribution in [0.3, 0.4) is 0 Å². The zero-order valence-corrected chi connectivity index (χ0v) is 9.69. The Hall–Kier alpha value is -1.29. The zero-order chi connectivity index (χ0) is 12.2. The van der Waals surface area contributed by atoms with Crippen molar-refractivity contribution in [3.05, 3.63) is 23.7 Å². The number of aromatic carboxylic acids is 1. The Bertz CT molecular complexity index is 348. The van der Waals surface area contributed by atoms with E-state index in [0.717, 1.165) is 12.8 Å². The van der Waals surface area contributed by atoms with Crippen LogP contribution in [0.4, 0.5) is 0 Å². The molecule has 0 atom stereocenters. The van der Waals surface area contributed by atoms with Gasteiger partial charge < -0.3 is 14.6 Å². The molecule has 0 fully saturated rings. The minimum absolute atomic E-state index is 0.0596. The Kier molecular flexibility index (Phi) is 4.12. The van der Waals surface area contributed by atoms with Gasteiger partial charge in [0.05, 0.1) is 6.26 Å². The third kappa shape index (κ3) is 2.44. The first-order valence-electron chi connectivity index (χ1n) is 5.58. The summed E-state index contributed by atoms with van der Waals surface area (Å²) < 4.78 is 5.17. The number of hydrogen-bond donors (Lipinski definition) is 2. The minimum atomic E-state index is -1.15. The SMILES string of the molecule is CCCC(O)(CCC)c1occc1C(=O)O. The number of rotatable bonds is 6. The molecule has 0 saturated heterocycles. The summed E-state index contributed by atoms with van der Waals surface area (Å²) >= 11 is 0. The Morgan fingerprint density at radius 1 is 1.38 bits per heavy atom. The monoisotopic (exact) mass is 226 g/mol. The number of carboxylic acid groups (broad SMARTS) is 1. The van der Waals surface area contributed by atoms with Crippen LogP contribution in [0.25, 0.3) is 0 Å². The maximum Gasteiger partial charge on any atom is 0.339 e. The molecular weight excluding hydrogens is 208 g/mol. The third-order valence-electron chi connectivity index (χ3n) is 2.65. The van der Waals surface area contributed by atoms with Crippen molar-refractivity contribution >= 4 is 5.97 Å². The number of carbonyl (C=O) groups is 1. The van der Waals surface area contributed by atoms with Crippen LogP contribution in [0.2, 0.25) is 0 Å². The van der Waals surface area contributed by atoms with Crippen LogP contribution in [0.1, 0.15) is 55.6 Å². The Labute approximate surface area is 94.9 Å². The van der Waals surface area contributed by atoms with Crippen LogP contribution in [-0.4, -0.2) is 16.2 Å².